The van der Waals surface area contributed by atoms with E-state index in [0.29, 0.717) is 29.4 Å². The number of rotatable bonds is 4. The Kier molecular flexibility index (Phi) is 5.76. The molecule has 0 aliphatic carbocycles. The minimum Gasteiger partial charge on any atom is -0.350 e. The highest BCUT2D eigenvalue weighted by atomic mass is 35.5. The smallest absolute Gasteiger partial charge is 0.264 e. The summed E-state index contributed by atoms with van der Waals surface area (Å²) in [6.45, 7) is 3.04. The molecule has 0 saturated carbocycles. The van der Waals surface area contributed by atoms with Crippen molar-refractivity contribution in [3.05, 3.63) is 56.7 Å². The van der Waals surface area contributed by atoms with Crippen LogP contribution in [0.15, 0.2) is 35.7 Å². The summed E-state index contributed by atoms with van der Waals surface area (Å²) in [5, 5.41) is 5.52. The zero-order valence-corrected chi connectivity index (χ0v) is 15.7. The summed E-state index contributed by atoms with van der Waals surface area (Å²) in [5.74, 6) is -0.141. The molecule has 1 aromatic heterocycles. The van der Waals surface area contributed by atoms with Gasteiger partial charge in [0.25, 0.3) is 5.91 Å². The monoisotopic (exact) mass is 376 g/mol. The topological polar surface area (TPSA) is 49.4 Å². The second-order valence-electron chi connectivity index (χ2n) is 6.28. The number of aryl methyl sites for hydroxylation is 1. The van der Waals surface area contributed by atoms with Gasteiger partial charge in [0.1, 0.15) is 6.04 Å². The molecule has 6 heteroatoms. The van der Waals surface area contributed by atoms with E-state index in [1.807, 2.05) is 42.6 Å². The van der Waals surface area contributed by atoms with Crippen LogP contribution in [0.4, 0.5) is 0 Å². The standard InChI is InChI=1S/C19H21ClN2O2S/c1-13-7-8-15(20)11-14(13)12-21-18(23)16-5-2-3-9-22(16)19(24)17-6-4-10-25-17/h4,6-8,10-11,16H,2-3,5,9,12H2,1H3,(H,21,23)/t16-/m1/s1. The van der Waals surface area contributed by atoms with Crippen LogP contribution in [-0.4, -0.2) is 29.3 Å². The van der Waals surface area contributed by atoms with E-state index < -0.39 is 6.04 Å². The number of carbonyl (C=O) groups is 2. The first kappa shape index (κ1) is 18.0. The molecule has 2 aromatic rings. The number of halogens is 1. The van der Waals surface area contributed by atoms with Crippen molar-refractivity contribution in [2.24, 2.45) is 0 Å². The van der Waals surface area contributed by atoms with Crippen molar-refractivity contribution in [2.45, 2.75) is 38.8 Å². The molecule has 1 aliphatic heterocycles. The van der Waals surface area contributed by atoms with Crippen LogP contribution < -0.4 is 5.32 Å². The molecule has 25 heavy (non-hydrogen) atoms. The number of hydrogen-bond acceptors (Lipinski definition) is 3. The van der Waals surface area contributed by atoms with Crippen LogP contribution >= 0.6 is 22.9 Å². The Labute approximate surface area is 156 Å². The SMILES string of the molecule is Cc1ccc(Cl)cc1CNC(=O)[C@H]1CCCCN1C(=O)c1cccs1. The van der Waals surface area contributed by atoms with Gasteiger partial charge < -0.3 is 10.2 Å². The Morgan fingerprint density at radius 1 is 1.32 bits per heavy atom. The lowest BCUT2D eigenvalue weighted by atomic mass is 10.0. The van der Waals surface area contributed by atoms with Crippen molar-refractivity contribution in [1.82, 2.24) is 10.2 Å². The molecule has 0 unspecified atom stereocenters. The highest BCUT2D eigenvalue weighted by Crippen LogP contribution is 2.22. The number of piperidine rings is 1. The van der Waals surface area contributed by atoms with E-state index >= 15 is 0 Å². The highest BCUT2D eigenvalue weighted by molar-refractivity contribution is 7.12. The number of nitrogens with one attached hydrogen (secondary N) is 1. The molecule has 0 spiro atoms. The maximum Gasteiger partial charge on any atom is 0.264 e. The molecule has 2 heterocycles. The quantitative estimate of drug-likeness (QED) is 0.876. The Morgan fingerprint density at radius 2 is 2.16 bits per heavy atom. The number of benzene rings is 1. The summed E-state index contributed by atoms with van der Waals surface area (Å²) in [7, 11) is 0. The molecule has 1 fully saturated rings. The van der Waals surface area contributed by atoms with Gasteiger partial charge in [0.15, 0.2) is 0 Å². The van der Waals surface area contributed by atoms with Crippen molar-refractivity contribution < 1.29 is 9.59 Å². The minimum atomic E-state index is -0.400. The molecule has 1 aliphatic rings. The fourth-order valence-electron chi connectivity index (χ4n) is 3.12. The van der Waals surface area contributed by atoms with Crippen LogP contribution in [0.1, 0.15) is 40.1 Å². The zero-order chi connectivity index (χ0) is 17.8. The lowest BCUT2D eigenvalue weighted by Gasteiger charge is -2.34. The van der Waals surface area contributed by atoms with E-state index in [1.54, 1.807) is 4.90 Å². The predicted octanol–water partition coefficient (Wildman–Crippen LogP) is 4.02. The molecule has 1 saturated heterocycles. The maximum absolute atomic E-state index is 12.7. The van der Waals surface area contributed by atoms with Crippen LogP contribution in [0.5, 0.6) is 0 Å². The summed E-state index contributed by atoms with van der Waals surface area (Å²) < 4.78 is 0. The van der Waals surface area contributed by atoms with Gasteiger partial charge in [-0.3, -0.25) is 9.59 Å². The van der Waals surface area contributed by atoms with Gasteiger partial charge in [-0.25, -0.2) is 0 Å². The Balaban J connectivity index is 1.68. The van der Waals surface area contributed by atoms with Crippen LogP contribution in [-0.2, 0) is 11.3 Å². The Bertz CT molecular complexity index is 761. The normalized spacial score (nSPS) is 17.4. The van der Waals surface area contributed by atoms with Crippen LogP contribution in [0, 0.1) is 6.92 Å². The summed E-state index contributed by atoms with van der Waals surface area (Å²) in [5.41, 5.74) is 2.08. The third-order valence-electron chi connectivity index (χ3n) is 4.56. The van der Waals surface area contributed by atoms with Crippen molar-refractivity contribution in [2.75, 3.05) is 6.54 Å². The van der Waals surface area contributed by atoms with Crippen molar-refractivity contribution >= 4 is 34.8 Å². The van der Waals surface area contributed by atoms with Crippen molar-refractivity contribution in [1.29, 1.82) is 0 Å². The molecule has 1 aromatic carbocycles. The minimum absolute atomic E-state index is 0.0474. The van der Waals surface area contributed by atoms with E-state index in [4.69, 9.17) is 11.6 Å². The zero-order valence-electron chi connectivity index (χ0n) is 14.1. The molecule has 0 radical (unpaired) electrons. The number of amides is 2. The van der Waals surface area contributed by atoms with Gasteiger partial charge in [-0.1, -0.05) is 23.7 Å². The first-order valence-corrected chi connectivity index (χ1v) is 9.69. The molecule has 3 rings (SSSR count). The van der Waals surface area contributed by atoms with E-state index in [9.17, 15) is 9.59 Å². The number of hydrogen-bond donors (Lipinski definition) is 1. The van der Waals surface area contributed by atoms with Crippen LogP contribution in [0.25, 0.3) is 0 Å². The van der Waals surface area contributed by atoms with E-state index in [1.165, 1.54) is 11.3 Å². The maximum atomic E-state index is 12.7. The van der Waals surface area contributed by atoms with Crippen LogP contribution in [0.3, 0.4) is 0 Å². The molecular weight excluding hydrogens is 356 g/mol. The lowest BCUT2D eigenvalue weighted by Crippen LogP contribution is -2.51. The lowest BCUT2D eigenvalue weighted by molar-refractivity contribution is -0.126. The molecule has 2 amide bonds. The van der Waals surface area contributed by atoms with Crippen molar-refractivity contribution in [3.63, 3.8) is 0 Å². The van der Waals surface area contributed by atoms with E-state index in [2.05, 4.69) is 5.32 Å². The van der Waals surface area contributed by atoms with Gasteiger partial charge in [0, 0.05) is 18.1 Å². The largest absolute Gasteiger partial charge is 0.350 e. The molecule has 1 atom stereocenters. The Morgan fingerprint density at radius 3 is 2.92 bits per heavy atom. The molecular formula is C19H21ClN2O2S. The fourth-order valence-corrected chi connectivity index (χ4v) is 3.99. The average Bonchev–Trinajstić information content (AvgIpc) is 3.16. The van der Waals surface area contributed by atoms with E-state index in [0.717, 1.165) is 24.0 Å². The van der Waals surface area contributed by atoms with Gasteiger partial charge in [-0.05, 0) is 60.9 Å². The first-order valence-electron chi connectivity index (χ1n) is 8.43. The third-order valence-corrected chi connectivity index (χ3v) is 5.66. The average molecular weight is 377 g/mol. The molecule has 4 nitrogen and oxygen atoms in total. The van der Waals surface area contributed by atoms with Gasteiger partial charge in [-0.15, -0.1) is 11.3 Å². The number of thiophene rings is 1. The summed E-state index contributed by atoms with van der Waals surface area (Å²) in [4.78, 5) is 27.8. The summed E-state index contributed by atoms with van der Waals surface area (Å²) >= 11 is 7.45. The number of nitrogens with zero attached hydrogens (tertiary/aromatic N) is 1. The Hall–Kier alpha value is -1.85. The van der Waals surface area contributed by atoms with Gasteiger partial charge >= 0.3 is 0 Å². The van der Waals surface area contributed by atoms with Gasteiger partial charge in [-0.2, -0.15) is 0 Å². The fraction of sp³-hybridized carbons (Fsp3) is 0.368. The second-order valence-corrected chi connectivity index (χ2v) is 7.66. The highest BCUT2D eigenvalue weighted by Gasteiger charge is 2.32. The molecule has 1 N–H and O–H groups in total. The summed E-state index contributed by atoms with van der Waals surface area (Å²) in [6, 6.07) is 8.92. The van der Waals surface area contributed by atoms with Gasteiger partial charge in [0.05, 0.1) is 4.88 Å². The first-order chi connectivity index (χ1) is 12.1. The number of carbonyl (C=O) groups excluding carboxylic acids is 2. The third kappa shape index (κ3) is 4.22. The van der Waals surface area contributed by atoms with Crippen molar-refractivity contribution in [3.8, 4) is 0 Å². The molecule has 132 valence electrons. The molecule has 0 bridgehead atoms. The predicted molar refractivity (Wildman–Crippen MR) is 101 cm³/mol. The number of likely N-dealkylation sites (tertiary alicyclic amines) is 1. The van der Waals surface area contributed by atoms with Gasteiger partial charge in [0.2, 0.25) is 5.91 Å². The summed E-state index contributed by atoms with van der Waals surface area (Å²) in [6.07, 6.45) is 2.61. The van der Waals surface area contributed by atoms with E-state index in [-0.39, 0.29) is 11.8 Å². The second kappa shape index (κ2) is 8.02. The van der Waals surface area contributed by atoms with Crippen LogP contribution in [0.2, 0.25) is 5.02 Å².